The molecule has 0 saturated carbocycles. The Labute approximate surface area is 122 Å². The van der Waals surface area contributed by atoms with Crippen LogP contribution in [-0.2, 0) is 12.6 Å². The molecule has 0 aliphatic heterocycles. The molecule has 0 radical (unpaired) electrons. The Morgan fingerprint density at radius 2 is 1.68 bits per heavy atom. The van der Waals surface area contributed by atoms with Gasteiger partial charge >= 0.3 is 6.18 Å². The summed E-state index contributed by atoms with van der Waals surface area (Å²) in [5.74, 6) is 0. The summed E-state index contributed by atoms with van der Waals surface area (Å²) in [6.45, 7) is 0. The number of hydrogen-bond donors (Lipinski definition) is 0. The smallest absolute Gasteiger partial charge is 0.166 e. The van der Waals surface area contributed by atoms with Crippen molar-refractivity contribution < 1.29 is 13.2 Å². The van der Waals surface area contributed by atoms with Gasteiger partial charge in [0.15, 0.2) is 0 Å². The molecule has 0 bridgehead atoms. The monoisotopic (exact) mass is 324 g/mol. The molecule has 0 aliphatic rings. The highest BCUT2D eigenvalue weighted by Gasteiger charge is 2.30. The van der Waals surface area contributed by atoms with Gasteiger partial charge in [0.1, 0.15) is 0 Å². The Balaban J connectivity index is 2.07. The van der Waals surface area contributed by atoms with Gasteiger partial charge in [-0.3, -0.25) is 0 Å². The molecular formula is C13H9Cl2F3S. The van der Waals surface area contributed by atoms with Gasteiger partial charge in [-0.1, -0.05) is 23.7 Å². The topological polar surface area (TPSA) is 0 Å². The van der Waals surface area contributed by atoms with Crippen molar-refractivity contribution in [3.8, 4) is 0 Å². The summed E-state index contributed by atoms with van der Waals surface area (Å²) in [5, 5.41) is -0.283. The Morgan fingerprint density at radius 3 is 2.16 bits per heavy atom. The minimum absolute atomic E-state index is 0.283. The van der Waals surface area contributed by atoms with Crippen LogP contribution in [0, 0.1) is 0 Å². The average molecular weight is 325 g/mol. The molecule has 0 saturated heterocycles. The quantitative estimate of drug-likeness (QED) is 0.612. The highest BCUT2D eigenvalue weighted by molar-refractivity contribution is 7.16. The van der Waals surface area contributed by atoms with Gasteiger partial charge in [0.2, 0.25) is 0 Å². The third-order valence-electron chi connectivity index (χ3n) is 2.60. The van der Waals surface area contributed by atoms with Gasteiger partial charge in [-0.2, -0.15) is 13.2 Å². The predicted octanol–water partition coefficient (Wildman–Crippen LogP) is 5.94. The molecule has 102 valence electrons. The SMILES string of the molecule is FC(F)(F)c1ccc(CC(Cl)c2ccc(Cl)s2)cc1. The summed E-state index contributed by atoms with van der Waals surface area (Å²) in [7, 11) is 0. The van der Waals surface area contributed by atoms with Gasteiger partial charge in [-0.25, -0.2) is 0 Å². The summed E-state index contributed by atoms with van der Waals surface area (Å²) < 4.78 is 37.9. The van der Waals surface area contributed by atoms with Crippen molar-refractivity contribution in [1.82, 2.24) is 0 Å². The van der Waals surface area contributed by atoms with Crippen LogP contribution in [0.25, 0.3) is 0 Å². The zero-order chi connectivity index (χ0) is 14.0. The van der Waals surface area contributed by atoms with Gasteiger partial charge in [0, 0.05) is 4.88 Å². The molecule has 0 N–H and O–H groups in total. The molecule has 1 heterocycles. The summed E-state index contributed by atoms with van der Waals surface area (Å²) >= 11 is 13.4. The van der Waals surface area contributed by atoms with Crippen LogP contribution in [0.5, 0.6) is 0 Å². The lowest BCUT2D eigenvalue weighted by molar-refractivity contribution is -0.137. The minimum atomic E-state index is -4.31. The summed E-state index contributed by atoms with van der Waals surface area (Å²) in [4.78, 5) is 0.909. The average Bonchev–Trinajstić information content (AvgIpc) is 2.75. The van der Waals surface area contributed by atoms with Crippen LogP contribution in [0.1, 0.15) is 21.4 Å². The lowest BCUT2D eigenvalue weighted by atomic mass is 10.1. The molecular weight excluding hydrogens is 316 g/mol. The first-order chi connectivity index (χ1) is 8.86. The van der Waals surface area contributed by atoms with Crippen LogP contribution in [0.15, 0.2) is 36.4 Å². The highest BCUT2D eigenvalue weighted by atomic mass is 35.5. The fraction of sp³-hybridized carbons (Fsp3) is 0.231. The van der Waals surface area contributed by atoms with Gasteiger partial charge in [0.25, 0.3) is 0 Å². The van der Waals surface area contributed by atoms with E-state index < -0.39 is 11.7 Å². The molecule has 0 amide bonds. The number of benzene rings is 1. The second-order valence-corrected chi connectivity index (χ2v) is 6.28. The fourth-order valence-corrected chi connectivity index (χ4v) is 3.06. The molecule has 0 fully saturated rings. The van der Waals surface area contributed by atoms with E-state index in [0.29, 0.717) is 10.8 Å². The molecule has 0 nitrogen and oxygen atoms in total. The molecule has 19 heavy (non-hydrogen) atoms. The van der Waals surface area contributed by atoms with Crippen molar-refractivity contribution >= 4 is 34.5 Å². The molecule has 1 aromatic carbocycles. The number of thiophene rings is 1. The molecule has 2 aromatic rings. The van der Waals surface area contributed by atoms with Crippen molar-refractivity contribution in [3.63, 3.8) is 0 Å². The number of alkyl halides is 4. The first-order valence-corrected chi connectivity index (χ1v) is 7.05. The van der Waals surface area contributed by atoms with E-state index in [1.807, 2.05) is 6.07 Å². The Kier molecular flexibility index (Phi) is 4.43. The van der Waals surface area contributed by atoms with Crippen LogP contribution in [0.3, 0.4) is 0 Å². The van der Waals surface area contributed by atoms with E-state index in [4.69, 9.17) is 23.2 Å². The maximum absolute atomic E-state index is 12.4. The van der Waals surface area contributed by atoms with E-state index >= 15 is 0 Å². The molecule has 2 rings (SSSR count). The second kappa shape index (κ2) is 5.73. The molecule has 0 aliphatic carbocycles. The van der Waals surface area contributed by atoms with Gasteiger partial charge < -0.3 is 0 Å². The molecule has 1 atom stereocenters. The zero-order valence-corrected chi connectivity index (χ0v) is 11.9. The molecule has 6 heteroatoms. The lowest BCUT2D eigenvalue weighted by Crippen LogP contribution is -2.04. The Hall–Kier alpha value is -0.710. The summed E-state index contributed by atoms with van der Waals surface area (Å²) in [6.07, 6.45) is -3.84. The first-order valence-electron chi connectivity index (χ1n) is 5.41. The lowest BCUT2D eigenvalue weighted by Gasteiger charge is -2.10. The maximum Gasteiger partial charge on any atom is 0.416 e. The van der Waals surface area contributed by atoms with Gasteiger partial charge in [0.05, 0.1) is 15.3 Å². The van der Waals surface area contributed by atoms with E-state index in [1.54, 1.807) is 6.07 Å². The van der Waals surface area contributed by atoms with Gasteiger partial charge in [-0.05, 0) is 36.2 Å². The summed E-state index contributed by atoms with van der Waals surface area (Å²) in [5.41, 5.74) is 0.110. The van der Waals surface area contributed by atoms with E-state index in [2.05, 4.69) is 0 Å². The van der Waals surface area contributed by atoms with Crippen molar-refractivity contribution in [2.45, 2.75) is 18.0 Å². The number of halogens is 5. The van der Waals surface area contributed by atoms with Crippen LogP contribution in [0.2, 0.25) is 4.34 Å². The molecule has 0 spiro atoms. The Morgan fingerprint density at radius 1 is 1.05 bits per heavy atom. The van der Waals surface area contributed by atoms with Crippen LogP contribution in [-0.4, -0.2) is 0 Å². The first kappa shape index (κ1) is 14.7. The second-order valence-electron chi connectivity index (χ2n) is 4.01. The highest BCUT2D eigenvalue weighted by Crippen LogP contribution is 2.34. The van der Waals surface area contributed by atoms with E-state index in [0.717, 1.165) is 22.6 Å². The predicted molar refractivity (Wildman–Crippen MR) is 73.1 cm³/mol. The van der Waals surface area contributed by atoms with E-state index in [-0.39, 0.29) is 5.38 Å². The minimum Gasteiger partial charge on any atom is -0.166 e. The van der Waals surface area contributed by atoms with E-state index in [1.165, 1.54) is 23.5 Å². The largest absolute Gasteiger partial charge is 0.416 e. The van der Waals surface area contributed by atoms with Crippen molar-refractivity contribution in [3.05, 3.63) is 56.7 Å². The molecule has 1 aromatic heterocycles. The normalized spacial score (nSPS) is 13.5. The van der Waals surface area contributed by atoms with E-state index in [9.17, 15) is 13.2 Å². The maximum atomic E-state index is 12.4. The zero-order valence-electron chi connectivity index (χ0n) is 9.55. The fourth-order valence-electron chi connectivity index (χ4n) is 1.63. The standard InChI is InChI=1S/C13H9Cl2F3S/c14-10(11-5-6-12(15)19-11)7-8-1-3-9(4-2-8)13(16,17)18/h1-6,10H,7H2. The molecule has 1 unspecified atom stereocenters. The van der Waals surface area contributed by atoms with Crippen LogP contribution in [0.4, 0.5) is 13.2 Å². The number of rotatable bonds is 3. The van der Waals surface area contributed by atoms with Crippen molar-refractivity contribution in [2.75, 3.05) is 0 Å². The van der Waals surface area contributed by atoms with Crippen molar-refractivity contribution in [2.24, 2.45) is 0 Å². The summed E-state index contributed by atoms with van der Waals surface area (Å²) in [6, 6.07) is 8.62. The van der Waals surface area contributed by atoms with Gasteiger partial charge in [-0.15, -0.1) is 22.9 Å². The van der Waals surface area contributed by atoms with Crippen molar-refractivity contribution in [1.29, 1.82) is 0 Å². The number of hydrogen-bond acceptors (Lipinski definition) is 1. The third kappa shape index (κ3) is 3.88. The Bertz CT molecular complexity index is 546. The van der Waals surface area contributed by atoms with Crippen LogP contribution < -0.4 is 0 Å². The third-order valence-corrected chi connectivity index (χ3v) is 4.46. The van der Waals surface area contributed by atoms with Crippen LogP contribution >= 0.6 is 34.5 Å².